The van der Waals surface area contributed by atoms with E-state index in [9.17, 15) is 0 Å². The number of hydrogen-bond acceptors (Lipinski definition) is 0. The zero-order chi connectivity index (χ0) is 8.60. The number of hydrogen-bond donors (Lipinski definition) is 0. The average molecular weight is 201 g/mol. The fraction of sp³-hybridized carbons (Fsp3) is 0.400. The molecule has 0 atom stereocenters. The van der Waals surface area contributed by atoms with E-state index in [1.807, 2.05) is 24.3 Å². The molecule has 0 aliphatic heterocycles. The van der Waals surface area contributed by atoms with Crippen LogP contribution in [0.1, 0.15) is 24.8 Å². The standard InChI is InChI=1S/C10H10Cl2/c11-9-4-2-8(3-5-9)10(12)6-1-7-10/h2-5H,1,6-7H2. The Labute approximate surface area is 82.5 Å². The Morgan fingerprint density at radius 1 is 1.08 bits per heavy atom. The maximum Gasteiger partial charge on any atom is 0.0695 e. The van der Waals surface area contributed by atoms with Crippen molar-refractivity contribution in [2.75, 3.05) is 0 Å². The predicted molar refractivity (Wildman–Crippen MR) is 52.8 cm³/mol. The van der Waals surface area contributed by atoms with Crippen LogP contribution in [0.5, 0.6) is 0 Å². The van der Waals surface area contributed by atoms with E-state index in [0.29, 0.717) is 0 Å². The van der Waals surface area contributed by atoms with E-state index in [2.05, 4.69) is 0 Å². The summed E-state index contributed by atoms with van der Waals surface area (Å²) >= 11 is 12.1. The minimum atomic E-state index is -0.0788. The number of benzene rings is 1. The van der Waals surface area contributed by atoms with Gasteiger partial charge in [0.15, 0.2) is 0 Å². The first-order valence-electron chi connectivity index (χ1n) is 4.16. The van der Waals surface area contributed by atoms with E-state index in [4.69, 9.17) is 23.2 Å². The summed E-state index contributed by atoms with van der Waals surface area (Å²) in [6.45, 7) is 0. The van der Waals surface area contributed by atoms with Crippen molar-refractivity contribution in [1.82, 2.24) is 0 Å². The minimum absolute atomic E-state index is 0.0788. The molecule has 1 saturated carbocycles. The molecule has 0 amide bonds. The molecule has 0 aromatic heterocycles. The zero-order valence-electron chi connectivity index (χ0n) is 6.69. The van der Waals surface area contributed by atoms with Crippen molar-refractivity contribution >= 4 is 23.2 Å². The summed E-state index contributed by atoms with van der Waals surface area (Å²) in [6.07, 6.45) is 3.43. The topological polar surface area (TPSA) is 0 Å². The van der Waals surface area contributed by atoms with Crippen molar-refractivity contribution < 1.29 is 0 Å². The van der Waals surface area contributed by atoms with Gasteiger partial charge in [-0.3, -0.25) is 0 Å². The Morgan fingerprint density at radius 3 is 2.08 bits per heavy atom. The third kappa shape index (κ3) is 1.34. The van der Waals surface area contributed by atoms with Gasteiger partial charge in [-0.2, -0.15) is 0 Å². The summed E-state index contributed by atoms with van der Waals surface area (Å²) in [5.74, 6) is 0. The maximum absolute atomic E-state index is 6.34. The molecule has 0 spiro atoms. The Kier molecular flexibility index (Phi) is 2.05. The fourth-order valence-electron chi connectivity index (χ4n) is 1.52. The third-order valence-electron chi connectivity index (χ3n) is 2.51. The van der Waals surface area contributed by atoms with Gasteiger partial charge in [0.25, 0.3) is 0 Å². The highest BCUT2D eigenvalue weighted by Crippen LogP contribution is 2.47. The summed E-state index contributed by atoms with van der Waals surface area (Å²) in [4.78, 5) is -0.0788. The van der Waals surface area contributed by atoms with Crippen molar-refractivity contribution in [3.63, 3.8) is 0 Å². The first-order valence-corrected chi connectivity index (χ1v) is 4.91. The molecular weight excluding hydrogens is 191 g/mol. The van der Waals surface area contributed by atoms with Gasteiger partial charge in [-0.1, -0.05) is 23.7 Å². The summed E-state index contributed by atoms with van der Waals surface area (Å²) in [5.41, 5.74) is 1.21. The lowest BCUT2D eigenvalue weighted by Gasteiger charge is -2.36. The van der Waals surface area contributed by atoms with E-state index in [1.165, 1.54) is 12.0 Å². The van der Waals surface area contributed by atoms with Gasteiger partial charge in [0, 0.05) is 5.02 Å². The van der Waals surface area contributed by atoms with Crippen molar-refractivity contribution in [2.45, 2.75) is 24.1 Å². The highest BCUT2D eigenvalue weighted by molar-refractivity contribution is 6.30. The highest BCUT2D eigenvalue weighted by atomic mass is 35.5. The molecule has 1 aliphatic rings. The van der Waals surface area contributed by atoms with Crippen molar-refractivity contribution in [2.24, 2.45) is 0 Å². The third-order valence-corrected chi connectivity index (χ3v) is 3.36. The van der Waals surface area contributed by atoms with Gasteiger partial charge >= 0.3 is 0 Å². The second kappa shape index (κ2) is 2.93. The number of alkyl halides is 1. The van der Waals surface area contributed by atoms with E-state index >= 15 is 0 Å². The fourth-order valence-corrected chi connectivity index (χ4v) is 2.04. The van der Waals surface area contributed by atoms with Crippen molar-refractivity contribution in [3.8, 4) is 0 Å². The van der Waals surface area contributed by atoms with Crippen LogP contribution in [0.3, 0.4) is 0 Å². The van der Waals surface area contributed by atoms with Crippen LogP contribution in [0.2, 0.25) is 5.02 Å². The predicted octanol–water partition coefficient (Wildman–Crippen LogP) is 3.96. The molecule has 1 aliphatic carbocycles. The summed E-state index contributed by atoms with van der Waals surface area (Å²) < 4.78 is 0. The van der Waals surface area contributed by atoms with Crippen LogP contribution in [-0.4, -0.2) is 0 Å². The molecule has 0 N–H and O–H groups in total. The normalized spacial score (nSPS) is 20.2. The summed E-state index contributed by atoms with van der Waals surface area (Å²) in [7, 11) is 0. The molecule has 64 valence electrons. The Bertz CT molecular complexity index is 272. The monoisotopic (exact) mass is 200 g/mol. The molecule has 0 heterocycles. The Hall–Kier alpha value is -0.200. The molecule has 0 saturated heterocycles. The molecular formula is C10H10Cl2. The van der Waals surface area contributed by atoms with Gasteiger partial charge < -0.3 is 0 Å². The minimum Gasteiger partial charge on any atom is -0.114 e. The van der Waals surface area contributed by atoms with E-state index < -0.39 is 0 Å². The number of rotatable bonds is 1. The average Bonchev–Trinajstić information content (AvgIpc) is 2.02. The molecule has 0 unspecified atom stereocenters. The van der Waals surface area contributed by atoms with Gasteiger partial charge in [-0.15, -0.1) is 11.6 Å². The number of halogens is 2. The van der Waals surface area contributed by atoms with E-state index in [1.54, 1.807) is 0 Å². The van der Waals surface area contributed by atoms with Gasteiger partial charge in [0.2, 0.25) is 0 Å². The van der Waals surface area contributed by atoms with Crippen molar-refractivity contribution in [1.29, 1.82) is 0 Å². The lowest BCUT2D eigenvalue weighted by Crippen LogP contribution is -2.27. The van der Waals surface area contributed by atoms with Gasteiger partial charge in [0.1, 0.15) is 0 Å². The molecule has 1 aromatic rings. The second-order valence-corrected chi connectivity index (χ2v) is 4.49. The smallest absolute Gasteiger partial charge is 0.0695 e. The van der Waals surface area contributed by atoms with Crippen LogP contribution in [0.4, 0.5) is 0 Å². The Morgan fingerprint density at radius 2 is 1.67 bits per heavy atom. The van der Waals surface area contributed by atoms with Gasteiger partial charge in [-0.25, -0.2) is 0 Å². The molecule has 12 heavy (non-hydrogen) atoms. The van der Waals surface area contributed by atoms with Crippen LogP contribution < -0.4 is 0 Å². The lowest BCUT2D eigenvalue weighted by molar-refractivity contribution is 0.363. The maximum atomic E-state index is 6.34. The Balaban J connectivity index is 2.28. The quantitative estimate of drug-likeness (QED) is 0.603. The summed E-state index contributed by atoms with van der Waals surface area (Å²) in [5, 5.41) is 0.776. The van der Waals surface area contributed by atoms with E-state index in [-0.39, 0.29) is 4.87 Å². The molecule has 2 rings (SSSR count). The second-order valence-electron chi connectivity index (χ2n) is 3.33. The summed E-state index contributed by atoms with van der Waals surface area (Å²) in [6, 6.07) is 7.85. The lowest BCUT2D eigenvalue weighted by atomic mass is 9.79. The molecule has 0 nitrogen and oxygen atoms in total. The van der Waals surface area contributed by atoms with Gasteiger partial charge in [-0.05, 0) is 37.0 Å². The zero-order valence-corrected chi connectivity index (χ0v) is 8.20. The van der Waals surface area contributed by atoms with Crippen LogP contribution in [0.15, 0.2) is 24.3 Å². The van der Waals surface area contributed by atoms with Crippen LogP contribution in [0.25, 0.3) is 0 Å². The first kappa shape index (κ1) is 8.40. The molecule has 1 aromatic carbocycles. The first-order chi connectivity index (χ1) is 5.71. The molecule has 1 fully saturated rings. The molecule has 0 radical (unpaired) electrons. The van der Waals surface area contributed by atoms with Crippen LogP contribution in [-0.2, 0) is 4.87 Å². The molecule has 0 bridgehead atoms. The van der Waals surface area contributed by atoms with Crippen molar-refractivity contribution in [3.05, 3.63) is 34.9 Å². The molecule has 2 heteroatoms. The SMILES string of the molecule is Clc1ccc(C2(Cl)CCC2)cc1. The van der Waals surface area contributed by atoms with E-state index in [0.717, 1.165) is 17.9 Å². The van der Waals surface area contributed by atoms with Crippen LogP contribution >= 0.6 is 23.2 Å². The van der Waals surface area contributed by atoms with Crippen LogP contribution in [0, 0.1) is 0 Å². The van der Waals surface area contributed by atoms with Gasteiger partial charge in [0.05, 0.1) is 4.87 Å². The largest absolute Gasteiger partial charge is 0.114 e. The highest BCUT2D eigenvalue weighted by Gasteiger charge is 2.36.